The summed E-state index contributed by atoms with van der Waals surface area (Å²) >= 11 is 0. The maximum atomic E-state index is 12.4. The van der Waals surface area contributed by atoms with Gasteiger partial charge >= 0.3 is 6.03 Å². The molecule has 3 rings (SSSR count). The molecule has 0 bridgehead atoms. The number of aromatic nitrogens is 1. The lowest BCUT2D eigenvalue weighted by Crippen LogP contribution is -2.50. The number of nitrogens with zero attached hydrogens (tertiary/aromatic N) is 2. The third-order valence-electron chi connectivity index (χ3n) is 5.14. The predicted molar refractivity (Wildman–Crippen MR) is 91.5 cm³/mol. The fourth-order valence-electron chi connectivity index (χ4n) is 3.67. The van der Waals surface area contributed by atoms with Gasteiger partial charge in [-0.05, 0) is 44.2 Å². The molecular weight excluding hydrogens is 304 g/mol. The number of aryl methyl sites for hydroxylation is 1. The van der Waals surface area contributed by atoms with Crippen LogP contribution in [0.15, 0.2) is 18.2 Å². The molecule has 1 aromatic heterocycles. The third-order valence-corrected chi connectivity index (χ3v) is 5.14. The molecule has 1 spiro atoms. The number of hydrogen-bond donors (Lipinski definition) is 2. The van der Waals surface area contributed by atoms with Crippen LogP contribution in [0.4, 0.5) is 4.79 Å². The zero-order valence-electron chi connectivity index (χ0n) is 14.5. The largest absolute Gasteiger partial charge is 0.356 e. The van der Waals surface area contributed by atoms with Crippen LogP contribution in [0.25, 0.3) is 0 Å². The second kappa shape index (κ2) is 6.79. The molecule has 1 atom stereocenters. The Morgan fingerprint density at radius 2 is 2.17 bits per heavy atom. The van der Waals surface area contributed by atoms with E-state index >= 15 is 0 Å². The summed E-state index contributed by atoms with van der Waals surface area (Å²) in [6.45, 7) is 6.18. The minimum Gasteiger partial charge on any atom is -0.356 e. The summed E-state index contributed by atoms with van der Waals surface area (Å²) in [4.78, 5) is 30.3. The van der Waals surface area contributed by atoms with E-state index in [2.05, 4.69) is 15.6 Å². The van der Waals surface area contributed by atoms with Gasteiger partial charge in [-0.2, -0.15) is 0 Å². The highest BCUT2D eigenvalue weighted by molar-refractivity contribution is 5.79. The molecule has 130 valence electrons. The molecule has 3 heterocycles. The van der Waals surface area contributed by atoms with Crippen molar-refractivity contribution in [3.63, 3.8) is 0 Å². The maximum Gasteiger partial charge on any atom is 0.317 e. The smallest absolute Gasteiger partial charge is 0.317 e. The highest BCUT2D eigenvalue weighted by Gasteiger charge is 2.41. The minimum atomic E-state index is -0.0118. The standard InChI is InChI=1S/C18H26N4O2/c1-13-4-3-5-15(20-13)10-14(2)21-17(24)22-8-6-18(7-9-22)11-16(23)19-12-18/h3-5,14H,6-12H2,1-2H3,(H,19,23)(H,21,24). The van der Waals surface area contributed by atoms with Crippen molar-refractivity contribution >= 4 is 11.9 Å². The van der Waals surface area contributed by atoms with Crippen LogP contribution in [-0.4, -0.2) is 47.5 Å². The molecule has 6 nitrogen and oxygen atoms in total. The summed E-state index contributed by atoms with van der Waals surface area (Å²) in [5, 5.41) is 5.99. The summed E-state index contributed by atoms with van der Waals surface area (Å²) in [6, 6.07) is 5.98. The van der Waals surface area contributed by atoms with Gasteiger partial charge in [0.25, 0.3) is 0 Å². The molecular formula is C18H26N4O2. The Morgan fingerprint density at radius 1 is 1.42 bits per heavy atom. The number of hydrogen-bond acceptors (Lipinski definition) is 3. The van der Waals surface area contributed by atoms with Gasteiger partial charge in [-0.3, -0.25) is 9.78 Å². The van der Waals surface area contributed by atoms with Crippen LogP contribution in [-0.2, 0) is 11.2 Å². The molecule has 2 N–H and O–H groups in total. The Balaban J connectivity index is 1.48. The predicted octanol–water partition coefficient (Wildman–Crippen LogP) is 1.63. The molecule has 0 aromatic carbocycles. The first-order valence-electron chi connectivity index (χ1n) is 8.70. The fourth-order valence-corrected chi connectivity index (χ4v) is 3.67. The average molecular weight is 330 g/mol. The molecule has 0 aliphatic carbocycles. The molecule has 2 aliphatic heterocycles. The third kappa shape index (κ3) is 3.86. The molecule has 24 heavy (non-hydrogen) atoms. The Bertz CT molecular complexity index is 623. The second-order valence-corrected chi connectivity index (χ2v) is 7.27. The van der Waals surface area contributed by atoms with Crippen LogP contribution in [0.3, 0.4) is 0 Å². The lowest BCUT2D eigenvalue weighted by Gasteiger charge is -2.38. The van der Waals surface area contributed by atoms with Gasteiger partial charge in [0.05, 0.1) is 0 Å². The number of carbonyl (C=O) groups is 2. The normalized spacial score (nSPS) is 20.8. The molecule has 1 unspecified atom stereocenters. The number of urea groups is 1. The number of rotatable bonds is 3. The first kappa shape index (κ1) is 16.7. The first-order valence-corrected chi connectivity index (χ1v) is 8.70. The van der Waals surface area contributed by atoms with Gasteiger partial charge < -0.3 is 15.5 Å². The summed E-state index contributed by atoms with van der Waals surface area (Å²) in [7, 11) is 0. The van der Waals surface area contributed by atoms with E-state index in [9.17, 15) is 9.59 Å². The monoisotopic (exact) mass is 330 g/mol. The molecule has 2 aliphatic rings. The van der Waals surface area contributed by atoms with Crippen molar-refractivity contribution in [1.82, 2.24) is 20.5 Å². The van der Waals surface area contributed by atoms with E-state index in [1.54, 1.807) is 0 Å². The van der Waals surface area contributed by atoms with Gasteiger partial charge in [0, 0.05) is 49.9 Å². The lowest BCUT2D eigenvalue weighted by atomic mass is 9.78. The number of piperidine rings is 1. The highest BCUT2D eigenvalue weighted by atomic mass is 16.2. The summed E-state index contributed by atoms with van der Waals surface area (Å²) in [6.07, 6.45) is 3.13. The van der Waals surface area contributed by atoms with E-state index in [-0.39, 0.29) is 23.4 Å². The van der Waals surface area contributed by atoms with Crippen LogP contribution in [0.5, 0.6) is 0 Å². The van der Waals surface area contributed by atoms with Crippen LogP contribution < -0.4 is 10.6 Å². The van der Waals surface area contributed by atoms with Crippen molar-refractivity contribution in [3.05, 3.63) is 29.6 Å². The van der Waals surface area contributed by atoms with Crippen molar-refractivity contribution in [1.29, 1.82) is 0 Å². The average Bonchev–Trinajstić information content (AvgIpc) is 2.88. The summed E-state index contributed by atoms with van der Waals surface area (Å²) in [5.74, 6) is 0.146. The highest BCUT2D eigenvalue weighted by Crippen LogP contribution is 2.37. The molecule has 2 fully saturated rings. The zero-order chi connectivity index (χ0) is 17.2. The number of pyridine rings is 1. The molecule has 0 saturated carbocycles. The second-order valence-electron chi connectivity index (χ2n) is 7.27. The fraction of sp³-hybridized carbons (Fsp3) is 0.611. The molecule has 0 radical (unpaired) electrons. The lowest BCUT2D eigenvalue weighted by molar-refractivity contribution is -0.119. The molecule has 1 aromatic rings. The van der Waals surface area contributed by atoms with Gasteiger partial charge in [-0.15, -0.1) is 0 Å². The Morgan fingerprint density at radius 3 is 2.79 bits per heavy atom. The number of likely N-dealkylation sites (tertiary alicyclic amines) is 1. The van der Waals surface area contributed by atoms with Gasteiger partial charge in [0.2, 0.25) is 5.91 Å². The van der Waals surface area contributed by atoms with E-state index < -0.39 is 0 Å². The van der Waals surface area contributed by atoms with E-state index in [0.717, 1.165) is 50.3 Å². The zero-order valence-corrected chi connectivity index (χ0v) is 14.5. The van der Waals surface area contributed by atoms with Gasteiger partial charge in [0.1, 0.15) is 0 Å². The van der Waals surface area contributed by atoms with Crippen molar-refractivity contribution in [2.75, 3.05) is 19.6 Å². The van der Waals surface area contributed by atoms with Gasteiger partial charge in [0.15, 0.2) is 0 Å². The van der Waals surface area contributed by atoms with Crippen molar-refractivity contribution in [2.24, 2.45) is 5.41 Å². The van der Waals surface area contributed by atoms with Crippen molar-refractivity contribution in [3.8, 4) is 0 Å². The van der Waals surface area contributed by atoms with Crippen molar-refractivity contribution in [2.45, 2.75) is 45.6 Å². The van der Waals surface area contributed by atoms with E-state index in [1.807, 2.05) is 36.9 Å². The summed E-state index contributed by atoms with van der Waals surface area (Å²) < 4.78 is 0. The number of amides is 3. The van der Waals surface area contributed by atoms with Crippen LogP contribution in [0.2, 0.25) is 0 Å². The minimum absolute atomic E-state index is 0.0118. The number of carbonyl (C=O) groups excluding carboxylic acids is 2. The quantitative estimate of drug-likeness (QED) is 0.885. The van der Waals surface area contributed by atoms with E-state index in [0.29, 0.717) is 6.42 Å². The van der Waals surface area contributed by atoms with E-state index in [1.165, 1.54) is 0 Å². The topological polar surface area (TPSA) is 74.3 Å². The maximum absolute atomic E-state index is 12.4. The first-order chi connectivity index (χ1) is 11.5. The van der Waals surface area contributed by atoms with E-state index in [4.69, 9.17) is 0 Å². The Kier molecular flexibility index (Phi) is 4.73. The Labute approximate surface area is 143 Å². The van der Waals surface area contributed by atoms with Crippen LogP contribution in [0.1, 0.15) is 37.6 Å². The van der Waals surface area contributed by atoms with Crippen molar-refractivity contribution < 1.29 is 9.59 Å². The van der Waals surface area contributed by atoms with Gasteiger partial charge in [-0.1, -0.05) is 6.07 Å². The SMILES string of the molecule is Cc1cccc(CC(C)NC(=O)N2CCC3(CC2)CNC(=O)C3)n1. The number of nitrogens with one attached hydrogen (secondary N) is 2. The van der Waals surface area contributed by atoms with Crippen LogP contribution >= 0.6 is 0 Å². The molecule has 3 amide bonds. The summed E-state index contributed by atoms with van der Waals surface area (Å²) in [5.41, 5.74) is 2.06. The molecule has 6 heteroatoms. The van der Waals surface area contributed by atoms with Gasteiger partial charge in [-0.25, -0.2) is 4.79 Å². The van der Waals surface area contributed by atoms with Crippen LogP contribution in [0, 0.1) is 12.3 Å². The molecule has 2 saturated heterocycles. The Hall–Kier alpha value is -2.11.